The predicted molar refractivity (Wildman–Crippen MR) is 102 cm³/mol. The minimum Gasteiger partial charge on any atom is -0.501 e. The number of anilines is 1. The number of aromatic hydroxyl groups is 1. The molecule has 0 bridgehead atoms. The molecule has 1 atom stereocenters. The van der Waals surface area contributed by atoms with E-state index >= 15 is 0 Å². The zero-order valence-corrected chi connectivity index (χ0v) is 15.4. The number of nitrogens with zero attached hydrogens (tertiary/aromatic N) is 1. The van der Waals surface area contributed by atoms with Gasteiger partial charge in [0.15, 0.2) is 17.6 Å². The normalized spacial score (nSPS) is 11.8. The number of hydrogen-bond donors (Lipinski definition) is 5. The van der Waals surface area contributed by atoms with Crippen molar-refractivity contribution >= 4 is 40.5 Å². The van der Waals surface area contributed by atoms with E-state index in [0.717, 1.165) is 11.3 Å². The number of rotatable bonds is 5. The first-order valence-corrected chi connectivity index (χ1v) is 8.93. The number of carboxylic acids is 1. The lowest BCUT2D eigenvalue weighted by atomic mass is 10.1. The maximum Gasteiger partial charge on any atom is 0.358 e. The zero-order chi connectivity index (χ0) is 20.4. The van der Waals surface area contributed by atoms with Gasteiger partial charge in [-0.1, -0.05) is 29.8 Å². The highest BCUT2D eigenvalue weighted by Crippen LogP contribution is 2.33. The number of aliphatic hydroxyl groups is 1. The van der Waals surface area contributed by atoms with Crippen molar-refractivity contribution in [1.29, 1.82) is 0 Å². The van der Waals surface area contributed by atoms with Crippen LogP contribution in [0.5, 0.6) is 5.75 Å². The molecule has 0 saturated heterocycles. The van der Waals surface area contributed by atoms with Crippen LogP contribution in [-0.2, 0) is 4.79 Å². The Hall–Kier alpha value is -3.21. The molecular formula is C17H12ClN3O6S. The van der Waals surface area contributed by atoms with Crippen LogP contribution in [0.15, 0.2) is 40.5 Å². The number of H-pyrrole nitrogens is 1. The first-order valence-electron chi connectivity index (χ1n) is 7.67. The number of nitrogens with one attached hydrogen (secondary N) is 2. The summed E-state index contributed by atoms with van der Waals surface area (Å²) in [6.07, 6.45) is -1.55. The number of aromatic nitrogens is 2. The van der Waals surface area contributed by atoms with Crippen LogP contribution in [0.1, 0.15) is 22.2 Å². The fraction of sp³-hybridized carbons (Fsp3) is 0.0588. The Labute approximate surface area is 165 Å². The van der Waals surface area contributed by atoms with Crippen LogP contribution in [0, 0.1) is 0 Å². The summed E-state index contributed by atoms with van der Waals surface area (Å²) >= 11 is 7.05. The Morgan fingerprint density at radius 1 is 1.25 bits per heavy atom. The summed E-state index contributed by atoms with van der Waals surface area (Å²) in [5, 5.41) is 33.1. The summed E-state index contributed by atoms with van der Waals surface area (Å²) in [5.74, 6) is -3.54. The number of carbonyl (C=O) groups is 2. The predicted octanol–water partition coefficient (Wildman–Crippen LogP) is 2.23. The molecule has 0 fully saturated rings. The van der Waals surface area contributed by atoms with E-state index in [1.54, 1.807) is 17.5 Å². The number of thiophene rings is 1. The summed E-state index contributed by atoms with van der Waals surface area (Å²) < 4.78 is 0. The number of hydrogen-bond acceptors (Lipinski definition) is 7. The molecular weight excluding hydrogens is 410 g/mol. The molecule has 2 heterocycles. The largest absolute Gasteiger partial charge is 0.501 e. The zero-order valence-electron chi connectivity index (χ0n) is 13.8. The molecule has 5 N–H and O–H groups in total. The standard InChI is InChI=1S/C17H12ClN3O6S/c18-8-4-2-1-3-7(8)11(22)15(24)19-9-5-6-28-13(9)14-20-10(17(26)27)12(23)16(25)21-14/h1-6,11,22-23H,(H,19,24)(H,26,27)(H,20,21,25). The van der Waals surface area contributed by atoms with Crippen molar-refractivity contribution in [2.45, 2.75) is 6.10 Å². The molecule has 28 heavy (non-hydrogen) atoms. The fourth-order valence-electron chi connectivity index (χ4n) is 2.35. The summed E-state index contributed by atoms with van der Waals surface area (Å²) in [6, 6.07) is 7.79. The van der Waals surface area contributed by atoms with E-state index in [1.807, 2.05) is 0 Å². The van der Waals surface area contributed by atoms with Crippen LogP contribution in [-0.4, -0.2) is 37.2 Å². The van der Waals surface area contributed by atoms with Gasteiger partial charge in [-0.05, 0) is 17.5 Å². The third-order valence-corrected chi connectivity index (χ3v) is 4.95. The molecule has 1 amide bonds. The van der Waals surface area contributed by atoms with Crippen LogP contribution in [0.25, 0.3) is 10.7 Å². The molecule has 3 aromatic rings. The van der Waals surface area contributed by atoms with Crippen molar-refractivity contribution in [2.24, 2.45) is 0 Å². The van der Waals surface area contributed by atoms with Gasteiger partial charge in [-0.15, -0.1) is 11.3 Å². The molecule has 1 aromatic carbocycles. The van der Waals surface area contributed by atoms with E-state index in [2.05, 4.69) is 15.3 Å². The first kappa shape index (κ1) is 19.5. The van der Waals surface area contributed by atoms with Gasteiger partial charge in [-0.2, -0.15) is 0 Å². The van der Waals surface area contributed by atoms with E-state index in [9.17, 15) is 24.6 Å². The van der Waals surface area contributed by atoms with Crippen LogP contribution >= 0.6 is 22.9 Å². The summed E-state index contributed by atoms with van der Waals surface area (Å²) in [5.41, 5.74) is -1.46. The quantitative estimate of drug-likeness (QED) is 0.423. The number of carboxylic acid groups (broad SMARTS) is 1. The maximum absolute atomic E-state index is 12.4. The minimum atomic E-state index is -1.58. The molecule has 2 aromatic heterocycles. The van der Waals surface area contributed by atoms with E-state index in [0.29, 0.717) is 0 Å². The number of aliphatic hydroxyl groups excluding tert-OH is 1. The third-order valence-electron chi connectivity index (χ3n) is 3.68. The van der Waals surface area contributed by atoms with E-state index in [1.165, 1.54) is 18.2 Å². The van der Waals surface area contributed by atoms with Crippen LogP contribution in [0.2, 0.25) is 5.02 Å². The molecule has 0 aliphatic carbocycles. The third kappa shape index (κ3) is 3.74. The Bertz CT molecular complexity index is 1130. The number of amides is 1. The van der Waals surface area contributed by atoms with Gasteiger partial charge < -0.3 is 25.6 Å². The highest BCUT2D eigenvalue weighted by atomic mass is 35.5. The van der Waals surface area contributed by atoms with Gasteiger partial charge in [0.1, 0.15) is 0 Å². The highest BCUT2D eigenvalue weighted by Gasteiger charge is 2.23. The second-order valence-corrected chi connectivity index (χ2v) is 6.82. The van der Waals surface area contributed by atoms with Crippen molar-refractivity contribution in [3.63, 3.8) is 0 Å². The number of halogens is 1. The Morgan fingerprint density at radius 3 is 2.64 bits per heavy atom. The van der Waals surface area contributed by atoms with Gasteiger partial charge in [-0.25, -0.2) is 9.78 Å². The van der Waals surface area contributed by atoms with Gasteiger partial charge in [0, 0.05) is 10.6 Å². The Balaban J connectivity index is 1.93. The molecule has 9 nitrogen and oxygen atoms in total. The summed E-state index contributed by atoms with van der Waals surface area (Å²) in [7, 11) is 0. The van der Waals surface area contributed by atoms with E-state index in [-0.39, 0.29) is 27.0 Å². The first-order chi connectivity index (χ1) is 13.3. The molecule has 11 heteroatoms. The fourth-order valence-corrected chi connectivity index (χ4v) is 3.39. The van der Waals surface area contributed by atoms with Gasteiger partial charge in [0.2, 0.25) is 5.75 Å². The van der Waals surface area contributed by atoms with Crippen molar-refractivity contribution in [1.82, 2.24) is 9.97 Å². The van der Waals surface area contributed by atoms with E-state index < -0.39 is 35.0 Å². The SMILES string of the molecule is O=C(O)c1nc(-c2sccc2NC(=O)C(O)c2ccccc2Cl)[nH]c(=O)c1O. The van der Waals surface area contributed by atoms with Crippen LogP contribution in [0.4, 0.5) is 5.69 Å². The number of aromatic amines is 1. The van der Waals surface area contributed by atoms with Gasteiger partial charge in [0.05, 0.1) is 10.6 Å². The topological polar surface area (TPSA) is 153 Å². The van der Waals surface area contributed by atoms with Crippen molar-refractivity contribution in [2.75, 3.05) is 5.32 Å². The maximum atomic E-state index is 12.4. The van der Waals surface area contributed by atoms with Gasteiger partial charge in [-0.3, -0.25) is 9.59 Å². The molecule has 0 aliphatic rings. The molecule has 144 valence electrons. The minimum absolute atomic E-state index is 0.155. The molecule has 0 spiro atoms. The Kier molecular flexibility index (Phi) is 5.45. The lowest BCUT2D eigenvalue weighted by Crippen LogP contribution is -2.21. The highest BCUT2D eigenvalue weighted by molar-refractivity contribution is 7.14. The van der Waals surface area contributed by atoms with Gasteiger partial charge >= 0.3 is 5.97 Å². The lowest BCUT2D eigenvalue weighted by Gasteiger charge is -2.13. The second-order valence-electron chi connectivity index (χ2n) is 5.49. The van der Waals surface area contributed by atoms with E-state index in [4.69, 9.17) is 16.7 Å². The average molecular weight is 422 g/mol. The molecule has 3 rings (SSSR count). The van der Waals surface area contributed by atoms with Crippen LogP contribution in [0.3, 0.4) is 0 Å². The molecule has 0 aliphatic heterocycles. The number of benzene rings is 1. The number of aromatic carboxylic acids is 1. The smallest absolute Gasteiger partial charge is 0.358 e. The molecule has 1 unspecified atom stereocenters. The Morgan fingerprint density at radius 2 is 1.96 bits per heavy atom. The summed E-state index contributed by atoms with van der Waals surface area (Å²) in [6.45, 7) is 0. The second kappa shape index (κ2) is 7.80. The summed E-state index contributed by atoms with van der Waals surface area (Å²) in [4.78, 5) is 41.5. The molecule has 0 radical (unpaired) electrons. The average Bonchev–Trinajstić information content (AvgIpc) is 3.11. The monoisotopic (exact) mass is 421 g/mol. The molecule has 0 saturated carbocycles. The van der Waals surface area contributed by atoms with Gasteiger partial charge in [0.25, 0.3) is 11.5 Å². The van der Waals surface area contributed by atoms with Crippen LogP contribution < -0.4 is 10.9 Å². The number of carbonyl (C=O) groups excluding carboxylic acids is 1. The lowest BCUT2D eigenvalue weighted by molar-refractivity contribution is -0.124. The van der Waals surface area contributed by atoms with Crippen molar-refractivity contribution < 1.29 is 24.9 Å². The van der Waals surface area contributed by atoms with Crippen molar-refractivity contribution in [3.8, 4) is 16.5 Å². The van der Waals surface area contributed by atoms with Crippen molar-refractivity contribution in [3.05, 3.63) is 62.3 Å².